The van der Waals surface area contributed by atoms with Crippen molar-refractivity contribution in [3.8, 4) is 0 Å². The third-order valence-corrected chi connectivity index (χ3v) is 2.54. The third-order valence-electron chi connectivity index (χ3n) is 2.54. The lowest BCUT2D eigenvalue weighted by Gasteiger charge is -2.26. The lowest BCUT2D eigenvalue weighted by molar-refractivity contribution is -0.122. The second-order valence-electron chi connectivity index (χ2n) is 4.12. The maximum Gasteiger partial charge on any atom is 0.234 e. The van der Waals surface area contributed by atoms with E-state index in [1.807, 2.05) is 6.92 Å². The van der Waals surface area contributed by atoms with Crippen molar-refractivity contribution in [3.05, 3.63) is 0 Å². The summed E-state index contributed by atoms with van der Waals surface area (Å²) in [7, 11) is 0. The first-order chi connectivity index (χ1) is 7.22. The lowest BCUT2D eigenvalue weighted by atomic mass is 10.2. The van der Waals surface area contributed by atoms with E-state index in [1.54, 1.807) is 0 Å². The second-order valence-corrected chi connectivity index (χ2v) is 4.12. The van der Waals surface area contributed by atoms with Crippen LogP contribution in [-0.2, 0) is 4.79 Å². The van der Waals surface area contributed by atoms with E-state index in [9.17, 15) is 4.79 Å². The Kier molecular flexibility index (Phi) is 5.60. The van der Waals surface area contributed by atoms with Crippen molar-refractivity contribution in [1.29, 1.82) is 0 Å². The SMILES string of the molecule is CC(CO)CNC(=O)CN1CCNCC1. The minimum absolute atomic E-state index is 0.0530. The zero-order valence-corrected chi connectivity index (χ0v) is 9.33. The number of nitrogens with zero attached hydrogens (tertiary/aromatic N) is 1. The summed E-state index contributed by atoms with van der Waals surface area (Å²) < 4.78 is 0. The van der Waals surface area contributed by atoms with Gasteiger partial charge in [-0.3, -0.25) is 9.69 Å². The number of carbonyl (C=O) groups excluding carboxylic acids is 1. The summed E-state index contributed by atoms with van der Waals surface area (Å²) in [6.45, 7) is 6.84. The molecule has 5 nitrogen and oxygen atoms in total. The summed E-state index contributed by atoms with van der Waals surface area (Å²) in [6, 6.07) is 0. The van der Waals surface area contributed by atoms with Crippen LogP contribution in [0.5, 0.6) is 0 Å². The molecule has 1 aliphatic heterocycles. The monoisotopic (exact) mass is 215 g/mol. The van der Waals surface area contributed by atoms with Gasteiger partial charge >= 0.3 is 0 Å². The summed E-state index contributed by atoms with van der Waals surface area (Å²) in [4.78, 5) is 13.6. The van der Waals surface area contributed by atoms with E-state index in [0.717, 1.165) is 26.2 Å². The number of hydrogen-bond acceptors (Lipinski definition) is 4. The number of amides is 1. The minimum atomic E-state index is 0.0530. The van der Waals surface area contributed by atoms with Crippen LogP contribution in [0.1, 0.15) is 6.92 Å². The van der Waals surface area contributed by atoms with E-state index in [2.05, 4.69) is 15.5 Å². The molecule has 0 bridgehead atoms. The molecule has 0 spiro atoms. The van der Waals surface area contributed by atoms with Crippen LogP contribution in [0.15, 0.2) is 0 Å². The van der Waals surface area contributed by atoms with E-state index in [1.165, 1.54) is 0 Å². The van der Waals surface area contributed by atoms with E-state index in [-0.39, 0.29) is 18.4 Å². The van der Waals surface area contributed by atoms with Gasteiger partial charge in [0.25, 0.3) is 0 Å². The van der Waals surface area contributed by atoms with Gasteiger partial charge in [-0.25, -0.2) is 0 Å². The predicted molar refractivity (Wildman–Crippen MR) is 58.6 cm³/mol. The topological polar surface area (TPSA) is 64.6 Å². The van der Waals surface area contributed by atoms with Crippen LogP contribution in [0, 0.1) is 5.92 Å². The highest BCUT2D eigenvalue weighted by atomic mass is 16.3. The first-order valence-electron chi connectivity index (χ1n) is 5.53. The molecule has 1 aliphatic rings. The highest BCUT2D eigenvalue weighted by Gasteiger charge is 2.13. The molecule has 1 rings (SSSR count). The molecular formula is C10H21N3O2. The van der Waals surface area contributed by atoms with Crippen molar-refractivity contribution in [2.75, 3.05) is 45.9 Å². The number of rotatable bonds is 5. The molecule has 0 aromatic carbocycles. The fourth-order valence-electron chi connectivity index (χ4n) is 1.48. The first-order valence-corrected chi connectivity index (χ1v) is 5.53. The Morgan fingerprint density at radius 2 is 2.20 bits per heavy atom. The average molecular weight is 215 g/mol. The van der Waals surface area contributed by atoms with E-state index in [4.69, 9.17) is 5.11 Å². The Balaban J connectivity index is 2.11. The van der Waals surface area contributed by atoms with Gasteiger partial charge in [-0.05, 0) is 5.92 Å². The van der Waals surface area contributed by atoms with Gasteiger partial charge in [0.2, 0.25) is 5.91 Å². The van der Waals surface area contributed by atoms with Gasteiger partial charge in [0, 0.05) is 39.3 Å². The zero-order chi connectivity index (χ0) is 11.1. The molecule has 0 aromatic heterocycles. The Hall–Kier alpha value is -0.650. The summed E-state index contributed by atoms with van der Waals surface area (Å²) in [6.07, 6.45) is 0. The van der Waals surface area contributed by atoms with Crippen LogP contribution in [0.4, 0.5) is 0 Å². The molecule has 1 heterocycles. The van der Waals surface area contributed by atoms with Gasteiger partial charge in [0.1, 0.15) is 0 Å². The maximum absolute atomic E-state index is 11.5. The fraction of sp³-hybridized carbons (Fsp3) is 0.900. The summed E-state index contributed by atoms with van der Waals surface area (Å²) >= 11 is 0. The number of aliphatic hydroxyl groups excluding tert-OH is 1. The highest BCUT2D eigenvalue weighted by molar-refractivity contribution is 5.78. The van der Waals surface area contributed by atoms with Crippen LogP contribution in [0.2, 0.25) is 0 Å². The van der Waals surface area contributed by atoms with Gasteiger partial charge in [0.15, 0.2) is 0 Å². The van der Waals surface area contributed by atoms with Crippen LogP contribution in [0.3, 0.4) is 0 Å². The molecule has 0 aromatic rings. The summed E-state index contributed by atoms with van der Waals surface area (Å²) in [5.41, 5.74) is 0. The molecule has 0 radical (unpaired) electrons. The number of piperazine rings is 1. The Morgan fingerprint density at radius 1 is 1.53 bits per heavy atom. The van der Waals surface area contributed by atoms with E-state index >= 15 is 0 Å². The molecular weight excluding hydrogens is 194 g/mol. The normalized spacial score (nSPS) is 19.9. The minimum Gasteiger partial charge on any atom is -0.396 e. The molecule has 1 atom stereocenters. The summed E-state index contributed by atoms with van der Waals surface area (Å²) in [5.74, 6) is 0.189. The number of nitrogens with one attached hydrogen (secondary N) is 2. The van der Waals surface area contributed by atoms with Gasteiger partial charge < -0.3 is 15.7 Å². The van der Waals surface area contributed by atoms with Crippen molar-refractivity contribution in [2.24, 2.45) is 5.92 Å². The summed E-state index contributed by atoms with van der Waals surface area (Å²) in [5, 5.41) is 14.9. The first kappa shape index (κ1) is 12.4. The fourth-order valence-corrected chi connectivity index (χ4v) is 1.48. The van der Waals surface area contributed by atoms with Crippen molar-refractivity contribution >= 4 is 5.91 Å². The largest absolute Gasteiger partial charge is 0.396 e. The lowest BCUT2D eigenvalue weighted by Crippen LogP contribution is -2.48. The second kappa shape index (κ2) is 6.76. The number of carbonyl (C=O) groups is 1. The predicted octanol–water partition coefficient (Wildman–Crippen LogP) is -1.36. The van der Waals surface area contributed by atoms with E-state index < -0.39 is 0 Å². The molecule has 0 aliphatic carbocycles. The molecule has 15 heavy (non-hydrogen) atoms. The quantitative estimate of drug-likeness (QED) is 0.530. The molecule has 1 fully saturated rings. The van der Waals surface area contributed by atoms with Crippen LogP contribution in [0.25, 0.3) is 0 Å². The van der Waals surface area contributed by atoms with E-state index in [0.29, 0.717) is 13.1 Å². The molecule has 5 heteroatoms. The molecule has 3 N–H and O–H groups in total. The Labute approximate surface area is 90.8 Å². The Morgan fingerprint density at radius 3 is 2.80 bits per heavy atom. The maximum atomic E-state index is 11.5. The van der Waals surface area contributed by atoms with Gasteiger partial charge in [-0.2, -0.15) is 0 Å². The number of hydrogen-bond donors (Lipinski definition) is 3. The standard InChI is InChI=1S/C10H21N3O2/c1-9(8-14)6-12-10(15)7-13-4-2-11-3-5-13/h9,11,14H,2-8H2,1H3,(H,12,15). The third kappa shape index (κ3) is 5.11. The highest BCUT2D eigenvalue weighted by Crippen LogP contribution is 1.92. The molecule has 1 saturated heterocycles. The number of aliphatic hydroxyl groups is 1. The van der Waals surface area contributed by atoms with Crippen molar-refractivity contribution in [3.63, 3.8) is 0 Å². The smallest absolute Gasteiger partial charge is 0.234 e. The molecule has 88 valence electrons. The van der Waals surface area contributed by atoms with Crippen LogP contribution in [-0.4, -0.2) is 61.8 Å². The average Bonchev–Trinajstić information content (AvgIpc) is 2.27. The zero-order valence-electron chi connectivity index (χ0n) is 9.33. The Bertz CT molecular complexity index is 193. The van der Waals surface area contributed by atoms with Crippen molar-refractivity contribution in [2.45, 2.75) is 6.92 Å². The van der Waals surface area contributed by atoms with Gasteiger partial charge in [0.05, 0.1) is 6.54 Å². The van der Waals surface area contributed by atoms with Crippen molar-refractivity contribution in [1.82, 2.24) is 15.5 Å². The van der Waals surface area contributed by atoms with Crippen LogP contribution < -0.4 is 10.6 Å². The van der Waals surface area contributed by atoms with Gasteiger partial charge in [-0.1, -0.05) is 6.92 Å². The molecule has 0 saturated carbocycles. The van der Waals surface area contributed by atoms with Gasteiger partial charge in [-0.15, -0.1) is 0 Å². The van der Waals surface area contributed by atoms with Crippen molar-refractivity contribution < 1.29 is 9.90 Å². The molecule has 1 unspecified atom stereocenters. The van der Waals surface area contributed by atoms with Crippen LogP contribution >= 0.6 is 0 Å². The molecule has 1 amide bonds.